The molecule has 0 radical (unpaired) electrons. The summed E-state index contributed by atoms with van der Waals surface area (Å²) in [7, 11) is 0. The number of hydrogen-bond acceptors (Lipinski definition) is 2. The van der Waals surface area contributed by atoms with Crippen LogP contribution in [0.25, 0.3) is 0 Å². The smallest absolute Gasteiger partial charge is 0.125 e. The summed E-state index contributed by atoms with van der Waals surface area (Å²) in [5, 5.41) is 3.38. The van der Waals surface area contributed by atoms with E-state index in [2.05, 4.69) is 12.2 Å². The molecule has 0 spiro atoms. The molecule has 1 saturated heterocycles. The maximum absolute atomic E-state index is 10.8. The van der Waals surface area contributed by atoms with E-state index in [1.807, 2.05) is 0 Å². The van der Waals surface area contributed by atoms with Crippen molar-refractivity contribution >= 4 is 17.9 Å². The van der Waals surface area contributed by atoms with Crippen molar-refractivity contribution in [2.75, 3.05) is 0 Å². The lowest BCUT2D eigenvalue weighted by atomic mass is 9.73. The molecular formula is C11H18ClNO. The van der Waals surface area contributed by atoms with Crippen LogP contribution in [0, 0.1) is 17.8 Å². The predicted molar refractivity (Wildman–Crippen MR) is 57.2 cm³/mol. The van der Waals surface area contributed by atoms with E-state index in [9.17, 15) is 4.79 Å². The number of rotatable bonds is 1. The highest BCUT2D eigenvalue weighted by Crippen LogP contribution is 2.37. The van der Waals surface area contributed by atoms with Gasteiger partial charge in [-0.2, -0.15) is 0 Å². The minimum Gasteiger partial charge on any atom is -0.303 e. The zero-order chi connectivity index (χ0) is 10.1. The number of hydrogen-bond donors (Lipinski definition) is 1. The number of nitrogens with one attached hydrogen (secondary N) is 1. The molecule has 0 amide bonds. The average molecular weight is 216 g/mol. The van der Waals surface area contributed by atoms with Gasteiger partial charge in [0.2, 0.25) is 0 Å². The van der Waals surface area contributed by atoms with E-state index < -0.39 is 0 Å². The molecule has 1 heterocycles. The van der Waals surface area contributed by atoms with E-state index >= 15 is 0 Å². The number of carbonyl (C=O) groups is 1. The van der Waals surface area contributed by atoms with Crippen LogP contribution in [0.3, 0.4) is 0 Å². The van der Waals surface area contributed by atoms with Gasteiger partial charge in [-0.1, -0.05) is 13.3 Å². The summed E-state index contributed by atoms with van der Waals surface area (Å²) in [4.78, 5) is 10.8. The molecule has 2 rings (SSSR count). The van der Waals surface area contributed by atoms with Crippen molar-refractivity contribution in [1.29, 1.82) is 0 Å². The predicted octanol–water partition coefficient (Wildman–Crippen LogP) is 2.16. The first kappa shape index (κ1) is 10.4. The van der Waals surface area contributed by atoms with E-state index in [-0.39, 0.29) is 11.4 Å². The zero-order valence-electron chi connectivity index (χ0n) is 8.58. The van der Waals surface area contributed by atoms with Gasteiger partial charge in [-0.15, -0.1) is 11.6 Å². The first-order valence-electron chi connectivity index (χ1n) is 5.56. The number of alkyl halides is 1. The Labute approximate surface area is 90.4 Å². The van der Waals surface area contributed by atoms with Crippen molar-refractivity contribution in [1.82, 2.24) is 5.32 Å². The lowest BCUT2D eigenvalue weighted by Gasteiger charge is -2.43. The molecule has 5 unspecified atom stereocenters. The van der Waals surface area contributed by atoms with Crippen LogP contribution in [-0.4, -0.2) is 17.8 Å². The van der Waals surface area contributed by atoms with Crippen LogP contribution >= 0.6 is 11.6 Å². The third kappa shape index (κ3) is 1.96. The molecule has 3 heteroatoms. The Morgan fingerprint density at radius 2 is 2.14 bits per heavy atom. The molecule has 0 bridgehead atoms. The quantitative estimate of drug-likeness (QED) is 0.413. The Morgan fingerprint density at radius 3 is 2.86 bits per heavy atom. The van der Waals surface area contributed by atoms with Gasteiger partial charge in [0.15, 0.2) is 0 Å². The van der Waals surface area contributed by atoms with Crippen LogP contribution in [0.2, 0.25) is 0 Å². The first-order chi connectivity index (χ1) is 6.70. The third-order valence-electron chi connectivity index (χ3n) is 3.75. The zero-order valence-corrected chi connectivity index (χ0v) is 9.33. The summed E-state index contributed by atoms with van der Waals surface area (Å²) in [6, 6.07) is 0.553. The maximum Gasteiger partial charge on any atom is 0.125 e. The fourth-order valence-corrected chi connectivity index (χ4v) is 3.18. The van der Waals surface area contributed by atoms with Crippen LogP contribution in [0.1, 0.15) is 32.6 Å². The maximum atomic E-state index is 10.8. The van der Waals surface area contributed by atoms with Crippen LogP contribution in [0.15, 0.2) is 0 Å². The number of fused-ring (bicyclic) bond motifs is 1. The molecule has 2 aliphatic rings. The number of piperidine rings is 1. The highest BCUT2D eigenvalue weighted by molar-refractivity contribution is 6.21. The van der Waals surface area contributed by atoms with E-state index in [1.165, 1.54) is 19.3 Å². The molecule has 1 N–H and O–H groups in total. The minimum atomic E-state index is -0.140. The summed E-state index contributed by atoms with van der Waals surface area (Å²) in [6.45, 7) is 2.30. The Morgan fingerprint density at radius 1 is 1.36 bits per heavy atom. The van der Waals surface area contributed by atoms with Crippen molar-refractivity contribution in [3.05, 3.63) is 0 Å². The Balaban J connectivity index is 2.00. The second-order valence-electron chi connectivity index (χ2n) is 4.89. The highest BCUT2D eigenvalue weighted by Gasteiger charge is 2.38. The Kier molecular flexibility index (Phi) is 3.13. The summed E-state index contributed by atoms with van der Waals surface area (Å²) in [5.74, 6) is 1.50. The normalized spacial score (nSPS) is 48.3. The minimum absolute atomic E-state index is 0.0197. The van der Waals surface area contributed by atoms with Gasteiger partial charge in [-0.3, -0.25) is 5.32 Å². The molecule has 2 nitrogen and oxygen atoms in total. The number of aldehydes is 1. The molecule has 80 valence electrons. The van der Waals surface area contributed by atoms with Gasteiger partial charge in [0.05, 0.1) is 5.50 Å². The van der Waals surface area contributed by atoms with Gasteiger partial charge in [0.1, 0.15) is 6.29 Å². The van der Waals surface area contributed by atoms with E-state index in [1.54, 1.807) is 0 Å². The lowest BCUT2D eigenvalue weighted by molar-refractivity contribution is -0.112. The number of carbonyl (C=O) groups excluding carboxylic acids is 1. The molecule has 0 aromatic rings. The second kappa shape index (κ2) is 4.19. The molecular weight excluding hydrogens is 198 g/mol. The number of halogens is 1. The summed E-state index contributed by atoms with van der Waals surface area (Å²) >= 11 is 6.11. The Bertz CT molecular complexity index is 221. The SMILES string of the molecule is CC1CCC2CC(C=O)C(Cl)NC2C1. The third-order valence-corrected chi connectivity index (χ3v) is 4.20. The Hall–Kier alpha value is -0.0800. The molecule has 14 heavy (non-hydrogen) atoms. The standard InChI is InChI=1S/C11H18ClNO/c1-7-2-3-8-5-9(6-14)11(12)13-10(8)4-7/h6-11,13H,2-5H2,1H3. The fraction of sp³-hybridized carbons (Fsp3) is 0.909. The van der Waals surface area contributed by atoms with Gasteiger partial charge in [-0.05, 0) is 31.1 Å². The van der Waals surface area contributed by atoms with Gasteiger partial charge < -0.3 is 4.79 Å². The molecule has 1 aliphatic heterocycles. The van der Waals surface area contributed by atoms with Crippen molar-refractivity contribution in [2.24, 2.45) is 17.8 Å². The van der Waals surface area contributed by atoms with Gasteiger partial charge >= 0.3 is 0 Å². The molecule has 2 fully saturated rings. The van der Waals surface area contributed by atoms with Crippen LogP contribution in [-0.2, 0) is 4.79 Å². The first-order valence-corrected chi connectivity index (χ1v) is 5.99. The van der Waals surface area contributed by atoms with Crippen LogP contribution < -0.4 is 5.32 Å². The van der Waals surface area contributed by atoms with E-state index in [0.29, 0.717) is 12.0 Å². The van der Waals surface area contributed by atoms with Crippen molar-refractivity contribution in [2.45, 2.75) is 44.1 Å². The second-order valence-corrected chi connectivity index (χ2v) is 5.36. The van der Waals surface area contributed by atoms with Gasteiger partial charge in [0.25, 0.3) is 0 Å². The van der Waals surface area contributed by atoms with Crippen molar-refractivity contribution in [3.63, 3.8) is 0 Å². The molecule has 0 aromatic carbocycles. The fourth-order valence-electron chi connectivity index (χ4n) is 2.85. The van der Waals surface area contributed by atoms with Crippen LogP contribution in [0.5, 0.6) is 0 Å². The molecule has 5 atom stereocenters. The van der Waals surface area contributed by atoms with Crippen LogP contribution in [0.4, 0.5) is 0 Å². The summed E-state index contributed by atoms with van der Waals surface area (Å²) in [5.41, 5.74) is -0.140. The highest BCUT2D eigenvalue weighted by atomic mass is 35.5. The van der Waals surface area contributed by atoms with Crippen molar-refractivity contribution in [3.8, 4) is 0 Å². The summed E-state index contributed by atoms with van der Waals surface area (Å²) in [6.07, 6.45) is 5.79. The summed E-state index contributed by atoms with van der Waals surface area (Å²) < 4.78 is 0. The average Bonchev–Trinajstić information content (AvgIpc) is 2.16. The topological polar surface area (TPSA) is 29.1 Å². The largest absolute Gasteiger partial charge is 0.303 e. The monoisotopic (exact) mass is 215 g/mol. The molecule has 1 aliphatic carbocycles. The van der Waals surface area contributed by atoms with Crippen molar-refractivity contribution < 1.29 is 4.79 Å². The lowest BCUT2D eigenvalue weighted by Crippen LogP contribution is -2.52. The molecule has 1 saturated carbocycles. The van der Waals surface area contributed by atoms with E-state index in [4.69, 9.17) is 11.6 Å². The molecule has 0 aromatic heterocycles. The van der Waals surface area contributed by atoms with Gasteiger partial charge in [0, 0.05) is 12.0 Å². The van der Waals surface area contributed by atoms with E-state index in [0.717, 1.165) is 18.6 Å². The van der Waals surface area contributed by atoms with Gasteiger partial charge in [-0.25, -0.2) is 0 Å².